The topological polar surface area (TPSA) is 41.5 Å². The smallest absolute Gasteiger partial charge is 0.132 e. The first-order chi connectivity index (χ1) is 11.1. The number of aliphatic hydroxyl groups is 1. The van der Waals surface area contributed by atoms with Gasteiger partial charge >= 0.3 is 0 Å². The van der Waals surface area contributed by atoms with E-state index in [9.17, 15) is 9.50 Å². The Kier molecular flexibility index (Phi) is 6.45. The molecule has 0 radical (unpaired) electrons. The molecule has 0 amide bonds. The number of aliphatic hydroxyl groups excluding tert-OH is 1. The lowest BCUT2D eigenvalue weighted by molar-refractivity contribution is 0.166. The maximum atomic E-state index is 13.7. The van der Waals surface area contributed by atoms with Crippen molar-refractivity contribution in [1.29, 1.82) is 0 Å². The Balaban J connectivity index is 2.02. The van der Waals surface area contributed by atoms with Crippen LogP contribution < -0.4 is 10.1 Å². The van der Waals surface area contributed by atoms with Crippen molar-refractivity contribution in [2.24, 2.45) is 0 Å². The number of nitrogens with one attached hydrogen (secondary N) is 1. The van der Waals surface area contributed by atoms with Crippen LogP contribution in [0.4, 0.5) is 4.39 Å². The zero-order valence-electron chi connectivity index (χ0n) is 13.5. The van der Waals surface area contributed by atoms with Gasteiger partial charge in [-0.25, -0.2) is 4.39 Å². The number of rotatable bonds is 7. The largest absolute Gasteiger partial charge is 0.496 e. The molecule has 23 heavy (non-hydrogen) atoms. The lowest BCUT2D eigenvalue weighted by Crippen LogP contribution is -2.25. The van der Waals surface area contributed by atoms with Crippen LogP contribution in [0.25, 0.3) is 0 Å². The Morgan fingerprint density at radius 1 is 1.26 bits per heavy atom. The Bertz CT molecular complexity index is 651. The summed E-state index contributed by atoms with van der Waals surface area (Å²) in [5.74, 6) is 0.443. The maximum absolute atomic E-state index is 13.7. The number of halogens is 1. The third-order valence-corrected chi connectivity index (χ3v) is 4.57. The van der Waals surface area contributed by atoms with E-state index in [0.29, 0.717) is 5.56 Å². The highest BCUT2D eigenvalue weighted by atomic mass is 32.2. The van der Waals surface area contributed by atoms with Crippen molar-refractivity contribution in [3.63, 3.8) is 0 Å². The molecule has 0 aromatic heterocycles. The highest BCUT2D eigenvalue weighted by Crippen LogP contribution is 2.30. The van der Waals surface area contributed by atoms with E-state index in [1.807, 2.05) is 31.4 Å². The third kappa shape index (κ3) is 4.47. The molecule has 0 bridgehead atoms. The molecule has 0 heterocycles. The standard InChI is InChI=1S/C18H22FNO2S/c1-12(13-8-9-18(23-3)17(10-13)22-2)20-11-16(21)14-6-4-5-7-15(14)19/h4-10,12,16,20-21H,11H2,1-3H3. The monoisotopic (exact) mass is 335 g/mol. The number of benzene rings is 2. The Morgan fingerprint density at radius 3 is 2.65 bits per heavy atom. The number of hydrogen-bond acceptors (Lipinski definition) is 4. The Hall–Kier alpha value is -1.56. The van der Waals surface area contributed by atoms with Crippen molar-refractivity contribution in [1.82, 2.24) is 5.32 Å². The van der Waals surface area contributed by atoms with Crippen LogP contribution in [-0.4, -0.2) is 25.0 Å². The number of hydrogen-bond donors (Lipinski definition) is 2. The van der Waals surface area contributed by atoms with E-state index >= 15 is 0 Å². The predicted octanol–water partition coefficient (Wildman–Crippen LogP) is 3.94. The van der Waals surface area contributed by atoms with Crippen LogP contribution >= 0.6 is 11.8 Å². The third-order valence-electron chi connectivity index (χ3n) is 3.79. The summed E-state index contributed by atoms with van der Waals surface area (Å²) in [5.41, 5.74) is 1.36. The van der Waals surface area contributed by atoms with Crippen LogP contribution in [0.3, 0.4) is 0 Å². The van der Waals surface area contributed by atoms with Gasteiger partial charge in [-0.3, -0.25) is 0 Å². The van der Waals surface area contributed by atoms with Gasteiger partial charge in [-0.05, 0) is 36.9 Å². The average Bonchev–Trinajstić information content (AvgIpc) is 2.59. The van der Waals surface area contributed by atoms with Gasteiger partial charge in [-0.2, -0.15) is 0 Å². The molecule has 2 atom stereocenters. The first-order valence-electron chi connectivity index (χ1n) is 7.44. The lowest BCUT2D eigenvalue weighted by Gasteiger charge is -2.19. The van der Waals surface area contributed by atoms with Crippen LogP contribution in [0.2, 0.25) is 0 Å². The molecule has 2 N–H and O–H groups in total. The quantitative estimate of drug-likeness (QED) is 0.752. The van der Waals surface area contributed by atoms with Crippen molar-refractivity contribution < 1.29 is 14.2 Å². The van der Waals surface area contributed by atoms with Gasteiger partial charge in [0.25, 0.3) is 0 Å². The minimum atomic E-state index is -0.883. The Morgan fingerprint density at radius 2 is 2.00 bits per heavy atom. The molecule has 0 aliphatic carbocycles. The van der Waals surface area contributed by atoms with Gasteiger partial charge < -0.3 is 15.2 Å². The van der Waals surface area contributed by atoms with Crippen LogP contribution in [0.15, 0.2) is 47.4 Å². The van der Waals surface area contributed by atoms with Gasteiger partial charge in [0.2, 0.25) is 0 Å². The fraction of sp³-hybridized carbons (Fsp3) is 0.333. The van der Waals surface area contributed by atoms with Crippen molar-refractivity contribution in [3.8, 4) is 5.75 Å². The Labute approximate surface area is 140 Å². The van der Waals surface area contributed by atoms with Crippen molar-refractivity contribution in [2.75, 3.05) is 19.9 Å². The zero-order valence-corrected chi connectivity index (χ0v) is 14.4. The predicted molar refractivity (Wildman–Crippen MR) is 92.6 cm³/mol. The minimum Gasteiger partial charge on any atom is -0.496 e. The summed E-state index contributed by atoms with van der Waals surface area (Å²) in [5, 5.41) is 13.4. The fourth-order valence-corrected chi connectivity index (χ4v) is 2.93. The molecule has 0 aliphatic rings. The van der Waals surface area contributed by atoms with Crippen LogP contribution in [0, 0.1) is 5.82 Å². The molecule has 0 fully saturated rings. The van der Waals surface area contributed by atoms with Crippen molar-refractivity contribution >= 4 is 11.8 Å². The van der Waals surface area contributed by atoms with E-state index in [2.05, 4.69) is 5.32 Å². The summed E-state index contributed by atoms with van der Waals surface area (Å²) in [7, 11) is 1.65. The van der Waals surface area contributed by atoms with E-state index in [0.717, 1.165) is 16.2 Å². The molecule has 2 rings (SSSR count). The maximum Gasteiger partial charge on any atom is 0.132 e. The molecule has 2 unspecified atom stereocenters. The van der Waals surface area contributed by atoms with Gasteiger partial charge in [0.1, 0.15) is 11.6 Å². The van der Waals surface area contributed by atoms with Gasteiger partial charge in [-0.15, -0.1) is 11.8 Å². The molecule has 0 spiro atoms. The second-order valence-corrected chi connectivity index (χ2v) is 6.13. The summed E-state index contributed by atoms with van der Waals surface area (Å²) in [6, 6.07) is 12.3. The summed E-state index contributed by atoms with van der Waals surface area (Å²) < 4.78 is 19.1. The van der Waals surface area contributed by atoms with Gasteiger partial charge in [0, 0.05) is 23.0 Å². The zero-order chi connectivity index (χ0) is 16.8. The molecule has 124 valence electrons. The molecule has 0 saturated heterocycles. The van der Waals surface area contributed by atoms with Crippen LogP contribution in [0.5, 0.6) is 5.75 Å². The van der Waals surface area contributed by atoms with Crippen LogP contribution in [0.1, 0.15) is 30.2 Å². The molecule has 2 aromatic rings. The second kappa shape index (κ2) is 8.34. The minimum absolute atomic E-state index is 0.0150. The number of methoxy groups -OCH3 is 1. The van der Waals surface area contributed by atoms with Crippen molar-refractivity contribution in [3.05, 3.63) is 59.4 Å². The van der Waals surface area contributed by atoms with Gasteiger partial charge in [0.05, 0.1) is 13.2 Å². The first kappa shape index (κ1) is 17.8. The molecule has 5 heteroatoms. The fourth-order valence-electron chi connectivity index (χ4n) is 2.38. The number of thioether (sulfide) groups is 1. The van der Waals surface area contributed by atoms with E-state index in [-0.39, 0.29) is 18.4 Å². The summed E-state index contributed by atoms with van der Waals surface area (Å²) in [6.07, 6.45) is 1.12. The van der Waals surface area contributed by atoms with E-state index in [1.54, 1.807) is 37.1 Å². The molecular formula is C18H22FNO2S. The highest BCUT2D eigenvalue weighted by molar-refractivity contribution is 7.98. The second-order valence-electron chi connectivity index (χ2n) is 5.28. The summed E-state index contributed by atoms with van der Waals surface area (Å²) >= 11 is 1.63. The molecular weight excluding hydrogens is 313 g/mol. The summed E-state index contributed by atoms with van der Waals surface area (Å²) in [4.78, 5) is 1.08. The lowest BCUT2D eigenvalue weighted by atomic mass is 10.1. The normalized spacial score (nSPS) is 13.6. The SMILES string of the molecule is COc1cc(C(C)NCC(O)c2ccccc2F)ccc1SC. The van der Waals surface area contributed by atoms with E-state index < -0.39 is 6.10 Å². The van der Waals surface area contributed by atoms with Gasteiger partial charge in [0.15, 0.2) is 0 Å². The molecule has 2 aromatic carbocycles. The van der Waals surface area contributed by atoms with Crippen molar-refractivity contribution in [2.45, 2.75) is 24.0 Å². The summed E-state index contributed by atoms with van der Waals surface area (Å²) in [6.45, 7) is 2.27. The molecule has 3 nitrogen and oxygen atoms in total. The van der Waals surface area contributed by atoms with Gasteiger partial charge in [-0.1, -0.05) is 24.3 Å². The van der Waals surface area contributed by atoms with E-state index in [4.69, 9.17) is 4.74 Å². The molecule has 0 aliphatic heterocycles. The molecule has 0 saturated carbocycles. The van der Waals surface area contributed by atoms with E-state index in [1.165, 1.54) is 6.07 Å². The van der Waals surface area contributed by atoms with Crippen LogP contribution in [-0.2, 0) is 0 Å². The first-order valence-corrected chi connectivity index (χ1v) is 8.67. The highest BCUT2D eigenvalue weighted by Gasteiger charge is 2.14. The average molecular weight is 335 g/mol. The number of ether oxygens (including phenoxy) is 1.